The third kappa shape index (κ3) is 3.99. The molecule has 0 radical (unpaired) electrons. The van der Waals surface area contributed by atoms with Crippen LogP contribution in [0.1, 0.15) is 20.7 Å². The molecule has 0 aromatic heterocycles. The number of hydrogen-bond donors (Lipinski definition) is 2. The van der Waals surface area contributed by atoms with Crippen molar-refractivity contribution < 1.29 is 36.6 Å². The second-order valence-corrected chi connectivity index (χ2v) is 7.42. The van der Waals surface area contributed by atoms with Gasteiger partial charge in [-0.1, -0.05) is 15.9 Å². The van der Waals surface area contributed by atoms with E-state index >= 15 is 0 Å². The molecule has 2 aromatic carbocycles. The first-order chi connectivity index (χ1) is 12.1. The van der Waals surface area contributed by atoms with Crippen molar-refractivity contribution in [2.75, 3.05) is 11.8 Å². The van der Waals surface area contributed by atoms with Gasteiger partial charge in [0, 0.05) is 10.5 Å². The summed E-state index contributed by atoms with van der Waals surface area (Å²) in [7, 11) is -3.47. The predicted molar refractivity (Wildman–Crippen MR) is 89.6 cm³/mol. The number of halogens is 3. The number of methoxy groups -OCH3 is 1. The van der Waals surface area contributed by atoms with Crippen molar-refractivity contribution in [1.82, 2.24) is 0 Å². The van der Waals surface area contributed by atoms with Crippen molar-refractivity contribution in [2.24, 2.45) is 0 Å². The molecule has 2 aromatic rings. The number of esters is 1. The molecular weight excluding hydrogens is 440 g/mol. The Bertz CT molecular complexity index is 1010. The van der Waals surface area contributed by atoms with Gasteiger partial charge in [0.1, 0.15) is 16.5 Å². The molecule has 0 aliphatic heterocycles. The van der Waals surface area contributed by atoms with Crippen molar-refractivity contribution in [3.05, 3.63) is 57.6 Å². The van der Waals surface area contributed by atoms with Crippen LogP contribution in [0.5, 0.6) is 0 Å². The van der Waals surface area contributed by atoms with Crippen LogP contribution in [0.25, 0.3) is 0 Å². The highest BCUT2D eigenvalue weighted by atomic mass is 79.9. The van der Waals surface area contributed by atoms with Crippen molar-refractivity contribution in [2.45, 2.75) is 4.90 Å². The van der Waals surface area contributed by atoms with Crippen LogP contribution in [0, 0.1) is 11.6 Å². The lowest BCUT2D eigenvalue weighted by atomic mass is 10.2. The van der Waals surface area contributed by atoms with E-state index in [1.54, 1.807) is 0 Å². The lowest BCUT2D eigenvalue weighted by Gasteiger charge is -2.13. The van der Waals surface area contributed by atoms with E-state index in [0.29, 0.717) is 10.5 Å². The summed E-state index contributed by atoms with van der Waals surface area (Å²) in [6, 6.07) is 4.32. The number of sulfonamides is 1. The summed E-state index contributed by atoms with van der Waals surface area (Å²) >= 11 is 3.08. The zero-order valence-corrected chi connectivity index (χ0v) is 15.3. The summed E-state index contributed by atoms with van der Waals surface area (Å²) in [5, 5.41) is 8.87. The van der Waals surface area contributed by atoms with Gasteiger partial charge in [0.25, 0.3) is 10.0 Å². The topological polar surface area (TPSA) is 110 Å². The van der Waals surface area contributed by atoms with E-state index in [1.807, 2.05) is 4.72 Å². The number of aromatic carboxylic acids is 1. The number of hydrogen-bond acceptors (Lipinski definition) is 5. The maximum Gasteiger partial charge on any atom is 0.339 e. The van der Waals surface area contributed by atoms with E-state index in [-0.39, 0.29) is 11.6 Å². The average molecular weight is 450 g/mol. The zero-order valence-electron chi connectivity index (χ0n) is 12.9. The number of nitrogens with one attached hydrogen (secondary N) is 1. The lowest BCUT2D eigenvalue weighted by molar-refractivity contribution is 0.0595. The summed E-state index contributed by atoms with van der Waals surface area (Å²) in [6.45, 7) is 0. The normalized spacial score (nSPS) is 11.1. The quantitative estimate of drug-likeness (QED) is 0.678. The summed E-state index contributed by atoms with van der Waals surface area (Å²) in [4.78, 5) is 22.2. The van der Waals surface area contributed by atoms with Gasteiger partial charge in [0.05, 0.1) is 23.9 Å². The van der Waals surface area contributed by atoms with Gasteiger partial charge >= 0.3 is 11.9 Å². The fraction of sp³-hybridized carbons (Fsp3) is 0.0667. The van der Waals surface area contributed by atoms with E-state index in [1.165, 1.54) is 12.1 Å². The fourth-order valence-corrected chi connectivity index (χ4v) is 3.59. The first kappa shape index (κ1) is 19.8. The van der Waals surface area contributed by atoms with Gasteiger partial charge in [-0.2, -0.15) is 0 Å². The Balaban J connectivity index is 2.56. The van der Waals surface area contributed by atoms with Crippen LogP contribution >= 0.6 is 15.9 Å². The van der Waals surface area contributed by atoms with E-state index in [9.17, 15) is 26.8 Å². The molecule has 2 rings (SSSR count). The predicted octanol–water partition coefficient (Wildman–Crippen LogP) is 3.01. The van der Waals surface area contributed by atoms with Crippen LogP contribution in [-0.4, -0.2) is 32.6 Å². The maximum atomic E-state index is 13.9. The number of benzene rings is 2. The number of carboxylic acids is 1. The molecule has 0 saturated carbocycles. The molecule has 0 saturated heterocycles. The fourth-order valence-electron chi connectivity index (χ4n) is 2.00. The highest BCUT2D eigenvalue weighted by Crippen LogP contribution is 2.26. The van der Waals surface area contributed by atoms with Crippen LogP contribution < -0.4 is 4.72 Å². The minimum atomic E-state index is -4.52. The van der Waals surface area contributed by atoms with Gasteiger partial charge in [0.2, 0.25) is 0 Å². The summed E-state index contributed by atoms with van der Waals surface area (Å²) in [5.41, 5.74) is -2.05. The number of carboxylic acid groups (broad SMARTS) is 1. The van der Waals surface area contributed by atoms with E-state index < -0.39 is 49.7 Å². The highest BCUT2D eigenvalue weighted by molar-refractivity contribution is 9.10. The van der Waals surface area contributed by atoms with Gasteiger partial charge in [-0.05, 0) is 24.3 Å². The Morgan fingerprint density at radius 3 is 2.35 bits per heavy atom. The van der Waals surface area contributed by atoms with Crippen LogP contribution in [0.3, 0.4) is 0 Å². The van der Waals surface area contributed by atoms with Gasteiger partial charge in [-0.3, -0.25) is 4.72 Å². The second kappa shape index (κ2) is 7.38. The number of carbonyl (C=O) groups excluding carboxylic acids is 1. The van der Waals surface area contributed by atoms with Crippen molar-refractivity contribution >= 4 is 43.6 Å². The summed E-state index contributed by atoms with van der Waals surface area (Å²) in [5.74, 6) is -5.36. The third-order valence-corrected chi connectivity index (χ3v) is 5.08. The molecule has 0 amide bonds. The first-order valence-corrected chi connectivity index (χ1v) is 8.97. The Labute approximate surface area is 154 Å². The van der Waals surface area contributed by atoms with Gasteiger partial charge in [0.15, 0.2) is 0 Å². The molecule has 138 valence electrons. The van der Waals surface area contributed by atoms with Crippen molar-refractivity contribution in [3.63, 3.8) is 0 Å². The van der Waals surface area contributed by atoms with E-state index in [0.717, 1.165) is 13.2 Å². The average Bonchev–Trinajstić information content (AvgIpc) is 2.55. The van der Waals surface area contributed by atoms with Gasteiger partial charge in [-0.25, -0.2) is 26.8 Å². The second-order valence-electron chi connectivity index (χ2n) is 4.85. The molecule has 2 N–H and O–H groups in total. The molecule has 26 heavy (non-hydrogen) atoms. The molecule has 0 aliphatic rings. The Kier molecular flexibility index (Phi) is 5.62. The summed E-state index contributed by atoms with van der Waals surface area (Å²) < 4.78 is 59.1. The molecule has 7 nitrogen and oxygen atoms in total. The van der Waals surface area contributed by atoms with Gasteiger partial charge in [-0.15, -0.1) is 0 Å². The zero-order chi connectivity index (χ0) is 19.6. The van der Waals surface area contributed by atoms with Crippen LogP contribution in [0.4, 0.5) is 14.5 Å². The van der Waals surface area contributed by atoms with Crippen LogP contribution in [0.15, 0.2) is 39.7 Å². The van der Waals surface area contributed by atoms with Crippen LogP contribution in [0.2, 0.25) is 0 Å². The Morgan fingerprint density at radius 2 is 1.77 bits per heavy atom. The number of rotatable bonds is 5. The maximum absolute atomic E-state index is 13.9. The summed E-state index contributed by atoms with van der Waals surface area (Å²) in [6.07, 6.45) is 0. The lowest BCUT2D eigenvalue weighted by Crippen LogP contribution is -2.19. The third-order valence-electron chi connectivity index (χ3n) is 3.17. The molecule has 11 heteroatoms. The number of carbonyl (C=O) groups is 2. The largest absolute Gasteiger partial charge is 0.478 e. The van der Waals surface area contributed by atoms with Gasteiger partial charge < -0.3 is 9.84 Å². The molecular formula is C15H10BrF2NO6S. The van der Waals surface area contributed by atoms with Crippen molar-refractivity contribution in [1.29, 1.82) is 0 Å². The number of anilines is 1. The molecule has 0 heterocycles. The Hall–Kier alpha value is -2.53. The number of ether oxygens (including phenoxy) is 1. The molecule has 0 aliphatic carbocycles. The minimum absolute atomic E-state index is 0.240. The first-order valence-electron chi connectivity index (χ1n) is 6.70. The molecule has 0 atom stereocenters. The standard InChI is InChI=1S/C15H10BrF2NO6S/c1-25-15(22)9-4-7(16)2-3-13(9)26(23,24)19-12-5-8(14(20)21)10(17)6-11(12)18/h2-6,19H,1H3,(H,20,21). The van der Waals surface area contributed by atoms with E-state index in [4.69, 9.17) is 5.11 Å². The molecule has 0 bridgehead atoms. The smallest absolute Gasteiger partial charge is 0.339 e. The Morgan fingerprint density at radius 1 is 1.12 bits per heavy atom. The highest BCUT2D eigenvalue weighted by Gasteiger charge is 2.25. The SMILES string of the molecule is COC(=O)c1cc(Br)ccc1S(=O)(=O)Nc1cc(C(=O)O)c(F)cc1F. The molecule has 0 spiro atoms. The van der Waals surface area contributed by atoms with E-state index in [2.05, 4.69) is 20.7 Å². The van der Waals surface area contributed by atoms with Crippen LogP contribution in [-0.2, 0) is 14.8 Å². The monoisotopic (exact) mass is 449 g/mol. The van der Waals surface area contributed by atoms with Crippen molar-refractivity contribution in [3.8, 4) is 0 Å². The molecule has 0 fully saturated rings. The molecule has 0 unspecified atom stereocenters. The minimum Gasteiger partial charge on any atom is -0.478 e.